The monoisotopic (exact) mass is 616 g/mol. The van der Waals surface area contributed by atoms with Crippen molar-refractivity contribution in [1.82, 2.24) is 14.7 Å². The van der Waals surface area contributed by atoms with Crippen molar-refractivity contribution in [2.75, 3.05) is 32.7 Å². The van der Waals surface area contributed by atoms with E-state index in [0.717, 1.165) is 18.4 Å². The number of aryl methyl sites for hydroxylation is 2. The molecule has 1 aliphatic carbocycles. The zero-order chi connectivity index (χ0) is 32.7. The van der Waals surface area contributed by atoms with Gasteiger partial charge in [-0.3, -0.25) is 19.4 Å². The predicted octanol–water partition coefficient (Wildman–Crippen LogP) is 5.49. The van der Waals surface area contributed by atoms with Crippen molar-refractivity contribution in [2.24, 2.45) is 5.92 Å². The van der Waals surface area contributed by atoms with Crippen molar-refractivity contribution in [3.8, 4) is 6.07 Å². The summed E-state index contributed by atoms with van der Waals surface area (Å²) in [6.45, 7) is 16.8. The number of piperazine rings is 1. The summed E-state index contributed by atoms with van der Waals surface area (Å²) in [7, 11) is 0. The molecule has 0 aromatic heterocycles. The summed E-state index contributed by atoms with van der Waals surface area (Å²) in [6, 6.07) is 12.6. The third kappa shape index (κ3) is 7.42. The van der Waals surface area contributed by atoms with Crippen LogP contribution in [0.25, 0.3) is 0 Å². The number of ether oxygens (including phenoxy) is 1. The minimum absolute atomic E-state index is 0.0232. The summed E-state index contributed by atoms with van der Waals surface area (Å²) in [5.74, 6) is -1.37. The first-order chi connectivity index (χ1) is 21.1. The molecule has 8 heteroatoms. The first kappa shape index (κ1) is 33.1. The normalized spacial score (nSPS) is 23.4. The third-order valence-electron chi connectivity index (χ3n) is 9.77. The van der Waals surface area contributed by atoms with Crippen LogP contribution in [0, 0.1) is 23.1 Å². The molecule has 242 valence electrons. The number of nitriles is 1. The minimum Gasteiger partial charge on any atom is -0.459 e. The van der Waals surface area contributed by atoms with E-state index in [-0.39, 0.29) is 34.9 Å². The Morgan fingerprint density at radius 2 is 1.73 bits per heavy atom. The number of fused-ring (bicyclic) bond motifs is 1. The van der Waals surface area contributed by atoms with Gasteiger partial charge in [-0.25, -0.2) is 4.39 Å². The fraction of sp³-hybridized carbons (Fsp3) is 0.595. The van der Waals surface area contributed by atoms with Gasteiger partial charge in [0.05, 0.1) is 17.6 Å². The number of rotatable bonds is 6. The number of nitrogens with zero attached hydrogens (tertiary/aromatic N) is 4. The van der Waals surface area contributed by atoms with E-state index in [1.165, 1.54) is 23.6 Å². The van der Waals surface area contributed by atoms with Crippen LogP contribution >= 0.6 is 0 Å². The van der Waals surface area contributed by atoms with Gasteiger partial charge in [0.2, 0.25) is 5.91 Å². The molecule has 5 rings (SSSR count). The molecule has 4 atom stereocenters. The zero-order valence-electron chi connectivity index (χ0n) is 28.0. The number of amides is 1. The second-order valence-corrected chi connectivity index (χ2v) is 15.2. The van der Waals surface area contributed by atoms with Crippen LogP contribution in [0.3, 0.4) is 0 Å². The van der Waals surface area contributed by atoms with E-state index in [0.29, 0.717) is 44.7 Å². The van der Waals surface area contributed by atoms with Gasteiger partial charge < -0.3 is 9.64 Å². The Labute approximate surface area is 268 Å². The molecular formula is C37H49FN4O3. The summed E-state index contributed by atoms with van der Waals surface area (Å²) in [5, 5.41) is 9.26. The molecule has 0 saturated carbocycles. The lowest BCUT2D eigenvalue weighted by atomic mass is 9.86. The Kier molecular flexibility index (Phi) is 9.45. The van der Waals surface area contributed by atoms with E-state index >= 15 is 4.39 Å². The van der Waals surface area contributed by atoms with Gasteiger partial charge >= 0.3 is 5.97 Å². The number of halogens is 1. The van der Waals surface area contributed by atoms with Crippen molar-refractivity contribution in [2.45, 2.75) is 103 Å². The van der Waals surface area contributed by atoms with Gasteiger partial charge in [0.1, 0.15) is 17.5 Å². The highest BCUT2D eigenvalue weighted by Crippen LogP contribution is 2.39. The van der Waals surface area contributed by atoms with Gasteiger partial charge in [-0.15, -0.1) is 0 Å². The van der Waals surface area contributed by atoms with Crippen LogP contribution < -0.4 is 0 Å². The maximum Gasteiger partial charge on any atom is 0.324 e. The number of carbonyl (C=O) groups excluding carboxylic acids is 2. The number of benzene rings is 2. The van der Waals surface area contributed by atoms with Crippen molar-refractivity contribution in [3.63, 3.8) is 0 Å². The summed E-state index contributed by atoms with van der Waals surface area (Å²) >= 11 is 0. The predicted molar refractivity (Wildman–Crippen MR) is 173 cm³/mol. The van der Waals surface area contributed by atoms with E-state index in [4.69, 9.17) is 4.74 Å². The summed E-state index contributed by atoms with van der Waals surface area (Å²) < 4.78 is 21.2. The fourth-order valence-corrected chi connectivity index (χ4v) is 7.33. The molecule has 2 unspecified atom stereocenters. The molecule has 2 aromatic rings. The zero-order valence-corrected chi connectivity index (χ0v) is 28.0. The molecule has 0 N–H and O–H groups in total. The van der Waals surface area contributed by atoms with Crippen molar-refractivity contribution in [1.29, 1.82) is 5.26 Å². The molecule has 2 heterocycles. The molecule has 7 nitrogen and oxygen atoms in total. The Hall–Kier alpha value is -3.28. The van der Waals surface area contributed by atoms with E-state index in [2.05, 4.69) is 48.8 Å². The Morgan fingerprint density at radius 1 is 1.00 bits per heavy atom. The van der Waals surface area contributed by atoms with Gasteiger partial charge in [0.15, 0.2) is 0 Å². The number of esters is 1. The molecule has 1 amide bonds. The molecule has 0 bridgehead atoms. The average Bonchev–Trinajstić information content (AvgIpc) is 3.62. The van der Waals surface area contributed by atoms with Crippen LogP contribution in [-0.2, 0) is 33.6 Å². The van der Waals surface area contributed by atoms with Gasteiger partial charge in [0, 0.05) is 50.2 Å². The molecular weight excluding hydrogens is 567 g/mol. The maximum atomic E-state index is 15.3. The van der Waals surface area contributed by atoms with Gasteiger partial charge in [0.25, 0.3) is 0 Å². The Morgan fingerprint density at radius 3 is 2.38 bits per heavy atom. The number of hydrogen-bond donors (Lipinski definition) is 0. The van der Waals surface area contributed by atoms with Gasteiger partial charge in [-0.1, -0.05) is 24.3 Å². The van der Waals surface area contributed by atoms with Crippen LogP contribution in [0.4, 0.5) is 4.39 Å². The summed E-state index contributed by atoms with van der Waals surface area (Å²) in [5.41, 5.74) is 3.90. The van der Waals surface area contributed by atoms with Crippen LogP contribution in [0.5, 0.6) is 0 Å². The van der Waals surface area contributed by atoms with Crippen molar-refractivity contribution in [3.05, 3.63) is 70.0 Å². The number of hydrogen-bond acceptors (Lipinski definition) is 6. The second kappa shape index (κ2) is 12.8. The van der Waals surface area contributed by atoms with E-state index < -0.39 is 23.4 Å². The molecule has 2 aromatic carbocycles. The van der Waals surface area contributed by atoms with Gasteiger partial charge in [-0.2, -0.15) is 5.26 Å². The molecule has 45 heavy (non-hydrogen) atoms. The molecule has 0 spiro atoms. The van der Waals surface area contributed by atoms with Crippen LogP contribution in [0.1, 0.15) is 88.6 Å². The Bertz CT molecular complexity index is 1470. The second-order valence-electron chi connectivity index (χ2n) is 15.2. The van der Waals surface area contributed by atoms with Crippen LogP contribution in [0.2, 0.25) is 0 Å². The van der Waals surface area contributed by atoms with E-state index in [1.54, 1.807) is 12.1 Å². The number of carbonyl (C=O) groups is 2. The minimum atomic E-state index is -0.603. The SMILES string of the molecule is C[C@H]1CN([C@@H](Cc2ccc3c(c2)CCC3)C(=O)OC(C)(C)C)CCN1C(=O)C1CN(C(C)(C)C)CC1c1ccc(C#N)cc1F. The largest absolute Gasteiger partial charge is 0.459 e. The van der Waals surface area contributed by atoms with Crippen molar-refractivity contribution >= 4 is 11.9 Å². The molecule has 0 radical (unpaired) electrons. The average molecular weight is 617 g/mol. The number of likely N-dealkylation sites (tertiary alicyclic amines) is 1. The summed E-state index contributed by atoms with van der Waals surface area (Å²) in [6.07, 6.45) is 3.94. The molecule has 2 fully saturated rings. The Balaban J connectivity index is 1.35. The maximum absolute atomic E-state index is 15.3. The van der Waals surface area contributed by atoms with Gasteiger partial charge in [-0.05, 0) is 109 Å². The quantitative estimate of drug-likeness (QED) is 0.400. The molecule has 3 aliphatic rings. The smallest absolute Gasteiger partial charge is 0.324 e. The first-order valence-electron chi connectivity index (χ1n) is 16.5. The topological polar surface area (TPSA) is 76.9 Å². The lowest BCUT2D eigenvalue weighted by Gasteiger charge is -2.44. The fourth-order valence-electron chi connectivity index (χ4n) is 7.33. The lowest BCUT2D eigenvalue weighted by Crippen LogP contribution is -2.60. The molecule has 2 aliphatic heterocycles. The van der Waals surface area contributed by atoms with E-state index in [1.807, 2.05) is 38.7 Å². The highest BCUT2D eigenvalue weighted by Gasteiger charge is 2.46. The third-order valence-corrected chi connectivity index (χ3v) is 9.77. The standard InChI is InChI=1S/C37H49FN4O3/c1-24-21-40(33(35(44)45-37(5,6)7)19-25-11-13-27-9-8-10-28(27)17-25)15-16-42(24)34(43)31-23-41(36(2,3)4)22-30(31)29-14-12-26(20-39)18-32(29)38/h11-14,17-18,24,30-31,33H,8-10,15-16,19,21-23H2,1-7H3/t24-,30?,31?,33-/m0/s1. The van der Waals surface area contributed by atoms with Crippen LogP contribution in [0.15, 0.2) is 36.4 Å². The molecule has 2 saturated heterocycles. The summed E-state index contributed by atoms with van der Waals surface area (Å²) in [4.78, 5) is 34.3. The highest BCUT2D eigenvalue weighted by atomic mass is 19.1. The van der Waals surface area contributed by atoms with Crippen molar-refractivity contribution < 1.29 is 18.7 Å². The first-order valence-corrected chi connectivity index (χ1v) is 16.5. The highest BCUT2D eigenvalue weighted by molar-refractivity contribution is 5.81. The lowest BCUT2D eigenvalue weighted by molar-refractivity contribution is -0.163. The van der Waals surface area contributed by atoms with E-state index in [9.17, 15) is 14.9 Å². The van der Waals surface area contributed by atoms with Crippen LogP contribution in [-0.4, -0.2) is 82.5 Å².